The van der Waals surface area contributed by atoms with Gasteiger partial charge in [-0.05, 0) is 101 Å². The highest BCUT2D eigenvalue weighted by molar-refractivity contribution is 6.15. The highest BCUT2D eigenvalue weighted by Crippen LogP contribution is 2.57. The maximum Gasteiger partial charge on any atom is 0.193 e. The molecule has 0 spiro atoms. The van der Waals surface area contributed by atoms with Crippen molar-refractivity contribution in [2.75, 3.05) is 14.7 Å². The zero-order valence-electron chi connectivity index (χ0n) is 32.8. The van der Waals surface area contributed by atoms with Gasteiger partial charge in [0.1, 0.15) is 0 Å². The highest BCUT2D eigenvalue weighted by atomic mass is 16.1. The molecule has 0 unspecified atom stereocenters. The number of rotatable bonds is 7. The molecule has 0 aromatic heterocycles. The van der Waals surface area contributed by atoms with E-state index in [0.29, 0.717) is 5.56 Å². The number of anilines is 9. The van der Waals surface area contributed by atoms with E-state index in [1.54, 1.807) is 0 Å². The molecule has 0 saturated carbocycles. The molecule has 0 N–H and O–H groups in total. The van der Waals surface area contributed by atoms with Crippen molar-refractivity contribution in [3.05, 3.63) is 270 Å². The number of nitrogens with zero attached hydrogens (tertiary/aromatic N) is 3. The van der Waals surface area contributed by atoms with Gasteiger partial charge in [0.15, 0.2) is 5.78 Å². The number of para-hydroxylation sites is 5. The van der Waals surface area contributed by atoms with Gasteiger partial charge in [0.05, 0.1) is 28.2 Å². The fourth-order valence-corrected chi connectivity index (χ4v) is 9.51. The summed E-state index contributed by atoms with van der Waals surface area (Å²) in [6, 6.07) is 82.8. The van der Waals surface area contributed by atoms with Crippen molar-refractivity contribution in [3.63, 3.8) is 0 Å². The van der Waals surface area contributed by atoms with E-state index >= 15 is 0 Å². The summed E-state index contributed by atoms with van der Waals surface area (Å²) in [6.07, 6.45) is 0. The van der Waals surface area contributed by atoms with Crippen LogP contribution in [-0.4, -0.2) is 5.78 Å². The summed E-state index contributed by atoms with van der Waals surface area (Å²) < 4.78 is 0. The van der Waals surface area contributed by atoms with Crippen LogP contribution in [0.2, 0.25) is 0 Å². The van der Waals surface area contributed by atoms with E-state index in [4.69, 9.17) is 0 Å². The van der Waals surface area contributed by atoms with Gasteiger partial charge >= 0.3 is 0 Å². The first-order chi connectivity index (χ1) is 29.7. The summed E-state index contributed by atoms with van der Waals surface area (Å²) in [5.41, 5.74) is 14.1. The third-order valence-electron chi connectivity index (χ3n) is 12.0. The summed E-state index contributed by atoms with van der Waals surface area (Å²) in [6.45, 7) is 0. The number of hydrogen-bond donors (Lipinski definition) is 0. The van der Waals surface area contributed by atoms with Crippen molar-refractivity contribution >= 4 is 57.0 Å². The Hall–Kier alpha value is -7.95. The second-order valence-corrected chi connectivity index (χ2v) is 15.3. The number of hydrogen-bond acceptors (Lipinski definition) is 4. The molecule has 9 aromatic carbocycles. The van der Waals surface area contributed by atoms with Gasteiger partial charge in [0.2, 0.25) is 0 Å². The zero-order chi connectivity index (χ0) is 40.0. The average Bonchev–Trinajstić information content (AvgIpc) is 3.32. The fraction of sp³-hybridized carbons (Fsp3) is 0.0179. The minimum Gasteiger partial charge on any atom is -0.310 e. The van der Waals surface area contributed by atoms with Crippen molar-refractivity contribution in [3.8, 4) is 0 Å². The van der Waals surface area contributed by atoms with Crippen LogP contribution in [0.25, 0.3) is 0 Å². The molecule has 9 aromatic rings. The molecule has 0 atom stereocenters. The molecule has 4 nitrogen and oxygen atoms in total. The summed E-state index contributed by atoms with van der Waals surface area (Å²) >= 11 is 0. The first-order valence-electron chi connectivity index (χ1n) is 20.4. The maximum atomic E-state index is 15.0. The van der Waals surface area contributed by atoms with Gasteiger partial charge in [-0.2, -0.15) is 0 Å². The van der Waals surface area contributed by atoms with Gasteiger partial charge in [0.25, 0.3) is 0 Å². The topological polar surface area (TPSA) is 26.8 Å². The second-order valence-electron chi connectivity index (χ2n) is 15.3. The van der Waals surface area contributed by atoms with Crippen LogP contribution in [0.3, 0.4) is 0 Å². The molecule has 11 rings (SSSR count). The Balaban J connectivity index is 1.16. The number of benzene rings is 9. The molecule has 1 aliphatic carbocycles. The first-order valence-corrected chi connectivity index (χ1v) is 20.4. The van der Waals surface area contributed by atoms with E-state index in [2.05, 4.69) is 239 Å². The Morgan fingerprint density at radius 1 is 0.333 bits per heavy atom. The highest BCUT2D eigenvalue weighted by Gasteiger charge is 2.46. The van der Waals surface area contributed by atoms with Crippen LogP contribution in [0.15, 0.2) is 237 Å². The lowest BCUT2D eigenvalue weighted by Crippen LogP contribution is -2.38. The third kappa shape index (κ3) is 5.49. The minimum atomic E-state index is -0.712. The lowest BCUT2D eigenvalue weighted by atomic mass is 9.59. The molecule has 60 heavy (non-hydrogen) atoms. The van der Waals surface area contributed by atoms with Gasteiger partial charge in [-0.3, -0.25) is 4.79 Å². The van der Waals surface area contributed by atoms with E-state index in [-0.39, 0.29) is 5.78 Å². The largest absolute Gasteiger partial charge is 0.310 e. The van der Waals surface area contributed by atoms with E-state index in [1.165, 1.54) is 0 Å². The maximum absolute atomic E-state index is 15.0. The smallest absolute Gasteiger partial charge is 0.193 e. The molecular weight excluding hydrogens is 731 g/mol. The summed E-state index contributed by atoms with van der Waals surface area (Å²) in [5, 5.41) is 0. The third-order valence-corrected chi connectivity index (χ3v) is 12.0. The van der Waals surface area contributed by atoms with Crippen molar-refractivity contribution in [1.82, 2.24) is 0 Å². The lowest BCUT2D eigenvalue weighted by Gasteiger charge is -2.43. The molecule has 0 saturated heterocycles. The molecule has 0 radical (unpaired) electrons. The lowest BCUT2D eigenvalue weighted by molar-refractivity contribution is 0.103. The predicted molar refractivity (Wildman–Crippen MR) is 246 cm³/mol. The van der Waals surface area contributed by atoms with Crippen molar-refractivity contribution in [2.45, 2.75) is 5.41 Å². The SMILES string of the molecule is O=C1c2ccccc2C(c2ccccc2)(c2ccccc2)c2ccc(N3c4ccccc4N(c4ccccc4)c4cc(N(c5ccccc5)c5ccccc5)ccc43)cc21. The molecule has 1 heterocycles. The number of carbonyl (C=O) groups excluding carboxylic acids is 1. The fourth-order valence-electron chi connectivity index (χ4n) is 9.51. The van der Waals surface area contributed by atoms with Crippen LogP contribution in [0.5, 0.6) is 0 Å². The summed E-state index contributed by atoms with van der Waals surface area (Å²) in [7, 11) is 0. The van der Waals surface area contributed by atoms with Crippen LogP contribution in [0.1, 0.15) is 38.2 Å². The Kier molecular flexibility index (Phi) is 8.49. The normalized spacial score (nSPS) is 13.4. The molecule has 1 aliphatic heterocycles. The minimum absolute atomic E-state index is 0.0260. The standard InChI is InChI=1S/C56H39N3O/c60-55-47-30-16-17-31-49(47)56(40-20-6-1-7-21-40,41-22-8-2-9-23-41)50-36-34-45(38-48(50)55)59-52-33-19-18-32-51(52)58(44-28-14-5-15-29-44)54-39-46(35-37-53(54)59)57(42-24-10-3-11-25-42)43-26-12-4-13-27-43/h1-39H. The number of fused-ring (bicyclic) bond motifs is 4. The quantitative estimate of drug-likeness (QED) is 0.161. The average molecular weight is 770 g/mol. The molecule has 0 bridgehead atoms. The van der Waals surface area contributed by atoms with Gasteiger partial charge in [-0.15, -0.1) is 0 Å². The Bertz CT molecular complexity index is 2930. The van der Waals surface area contributed by atoms with Crippen molar-refractivity contribution in [1.29, 1.82) is 0 Å². The van der Waals surface area contributed by atoms with Crippen LogP contribution < -0.4 is 14.7 Å². The zero-order valence-corrected chi connectivity index (χ0v) is 32.8. The van der Waals surface area contributed by atoms with Crippen molar-refractivity contribution < 1.29 is 4.79 Å². The molecule has 284 valence electrons. The van der Waals surface area contributed by atoms with E-state index in [1.807, 2.05) is 12.1 Å². The van der Waals surface area contributed by atoms with E-state index in [0.717, 1.165) is 79.0 Å². The van der Waals surface area contributed by atoms with Crippen LogP contribution in [-0.2, 0) is 5.41 Å². The first kappa shape index (κ1) is 35.2. The second kappa shape index (κ2) is 14.5. The van der Waals surface area contributed by atoms with E-state index in [9.17, 15) is 4.79 Å². The monoisotopic (exact) mass is 769 g/mol. The van der Waals surface area contributed by atoms with Crippen LogP contribution in [0, 0.1) is 0 Å². The Labute approximate surface area is 350 Å². The predicted octanol–water partition coefficient (Wildman–Crippen LogP) is 14.3. The van der Waals surface area contributed by atoms with Gasteiger partial charge in [-0.1, -0.05) is 158 Å². The van der Waals surface area contributed by atoms with Gasteiger partial charge in [0, 0.05) is 39.6 Å². The van der Waals surface area contributed by atoms with Crippen LogP contribution >= 0.6 is 0 Å². The number of ketones is 1. The van der Waals surface area contributed by atoms with Gasteiger partial charge in [-0.25, -0.2) is 0 Å². The molecule has 0 fully saturated rings. The van der Waals surface area contributed by atoms with Gasteiger partial charge < -0.3 is 14.7 Å². The molecular formula is C56H39N3O. The summed E-state index contributed by atoms with van der Waals surface area (Å²) in [5.74, 6) is 0.0260. The van der Waals surface area contributed by atoms with E-state index < -0.39 is 5.41 Å². The number of carbonyl (C=O) groups is 1. The molecule has 4 heteroatoms. The van der Waals surface area contributed by atoms with Crippen LogP contribution in [0.4, 0.5) is 51.2 Å². The Morgan fingerprint density at radius 3 is 1.40 bits per heavy atom. The van der Waals surface area contributed by atoms with Crippen molar-refractivity contribution in [2.24, 2.45) is 0 Å². The Morgan fingerprint density at radius 2 is 0.800 bits per heavy atom. The summed E-state index contributed by atoms with van der Waals surface area (Å²) in [4.78, 5) is 22.0. The molecule has 0 amide bonds. The molecule has 2 aliphatic rings.